The summed E-state index contributed by atoms with van der Waals surface area (Å²) in [5, 5.41) is 15.1. The Morgan fingerprint density at radius 2 is 2.18 bits per heavy atom. The fourth-order valence-corrected chi connectivity index (χ4v) is 3.49. The summed E-state index contributed by atoms with van der Waals surface area (Å²) in [6.45, 7) is 7.34. The maximum Gasteiger partial charge on any atom is 0.227 e. The van der Waals surface area contributed by atoms with Crippen LogP contribution in [0.2, 0.25) is 0 Å². The zero-order valence-corrected chi connectivity index (χ0v) is 16.6. The highest BCUT2D eigenvalue weighted by molar-refractivity contribution is 5.83. The lowest BCUT2D eigenvalue weighted by atomic mass is 10.0. The maximum atomic E-state index is 5.48. The molecule has 0 amide bonds. The van der Waals surface area contributed by atoms with Crippen molar-refractivity contribution in [2.24, 2.45) is 5.92 Å². The highest BCUT2D eigenvalue weighted by Gasteiger charge is 2.23. The van der Waals surface area contributed by atoms with E-state index < -0.39 is 0 Å². The first-order chi connectivity index (χ1) is 13.6. The molecular weight excluding hydrogens is 354 g/mol. The Hall–Kier alpha value is -2.87. The van der Waals surface area contributed by atoms with E-state index >= 15 is 0 Å². The normalized spacial score (nSPS) is 17.7. The van der Waals surface area contributed by atoms with Gasteiger partial charge in [0.25, 0.3) is 0 Å². The Bertz CT molecular complexity index is 939. The Balaban J connectivity index is 1.61. The first-order valence-electron chi connectivity index (χ1n) is 9.73. The summed E-state index contributed by atoms with van der Waals surface area (Å²) < 4.78 is 5.48. The van der Waals surface area contributed by atoms with Crippen LogP contribution >= 0.6 is 0 Å². The molecule has 1 atom stereocenters. The number of nitrogens with one attached hydrogen (secondary N) is 3. The molecule has 1 aromatic carbocycles. The summed E-state index contributed by atoms with van der Waals surface area (Å²) in [6, 6.07) is 6.44. The number of aromatic nitrogens is 4. The number of rotatable bonds is 5. The monoisotopic (exact) mass is 381 g/mol. The smallest absolute Gasteiger partial charge is 0.227 e. The molecule has 0 saturated carbocycles. The third-order valence-corrected chi connectivity index (χ3v) is 5.18. The van der Waals surface area contributed by atoms with Gasteiger partial charge in [-0.2, -0.15) is 10.1 Å². The summed E-state index contributed by atoms with van der Waals surface area (Å²) in [5.41, 5.74) is 1.92. The molecule has 28 heavy (non-hydrogen) atoms. The summed E-state index contributed by atoms with van der Waals surface area (Å²) in [6.07, 6.45) is 4.61. The van der Waals surface area contributed by atoms with E-state index in [4.69, 9.17) is 9.72 Å². The molecule has 1 aliphatic heterocycles. The molecule has 3 heterocycles. The number of nitrogens with zero attached hydrogens (tertiary/aromatic N) is 4. The summed E-state index contributed by atoms with van der Waals surface area (Å²) in [5.74, 6) is 2.55. The second-order valence-electron chi connectivity index (χ2n) is 7.49. The molecule has 148 valence electrons. The molecule has 3 N–H and O–H groups in total. The summed E-state index contributed by atoms with van der Waals surface area (Å²) in [4.78, 5) is 11.6. The average Bonchev–Trinajstić information content (AvgIpc) is 3.01. The van der Waals surface area contributed by atoms with Crippen molar-refractivity contribution in [2.75, 3.05) is 37.0 Å². The molecule has 0 radical (unpaired) electrons. The lowest BCUT2D eigenvalue weighted by Gasteiger charge is -2.27. The number of fused-ring (bicyclic) bond motifs is 1. The van der Waals surface area contributed by atoms with Crippen LogP contribution in [0.25, 0.3) is 10.9 Å². The topological polar surface area (TPSA) is 91.0 Å². The fourth-order valence-electron chi connectivity index (χ4n) is 3.49. The molecule has 1 unspecified atom stereocenters. The highest BCUT2D eigenvalue weighted by Crippen LogP contribution is 2.28. The van der Waals surface area contributed by atoms with Crippen molar-refractivity contribution >= 4 is 28.4 Å². The van der Waals surface area contributed by atoms with Crippen molar-refractivity contribution < 1.29 is 4.74 Å². The number of hydrogen-bond donors (Lipinski definition) is 3. The van der Waals surface area contributed by atoms with E-state index in [0.29, 0.717) is 23.5 Å². The number of ether oxygens (including phenoxy) is 1. The molecule has 3 aromatic rings. The van der Waals surface area contributed by atoms with Crippen molar-refractivity contribution in [2.45, 2.75) is 26.3 Å². The average molecular weight is 381 g/mol. The number of aromatic amines is 1. The minimum atomic E-state index is 0.424. The van der Waals surface area contributed by atoms with Crippen LogP contribution in [0, 0.1) is 5.92 Å². The Kier molecular flexibility index (Phi) is 5.29. The lowest BCUT2D eigenvalue weighted by Crippen LogP contribution is -2.41. The minimum Gasteiger partial charge on any atom is -0.491 e. The van der Waals surface area contributed by atoms with E-state index in [1.54, 1.807) is 19.5 Å². The van der Waals surface area contributed by atoms with Gasteiger partial charge in [-0.25, -0.2) is 4.98 Å². The van der Waals surface area contributed by atoms with Crippen molar-refractivity contribution in [3.63, 3.8) is 0 Å². The minimum absolute atomic E-state index is 0.424. The van der Waals surface area contributed by atoms with Gasteiger partial charge < -0.3 is 20.3 Å². The number of benzene rings is 1. The second-order valence-corrected chi connectivity index (χ2v) is 7.49. The first kappa shape index (κ1) is 18.5. The number of anilines is 3. The van der Waals surface area contributed by atoms with Gasteiger partial charge in [0, 0.05) is 30.2 Å². The fraction of sp³-hybridized carbons (Fsp3) is 0.450. The van der Waals surface area contributed by atoms with Crippen LogP contribution in [-0.4, -0.2) is 53.0 Å². The zero-order valence-electron chi connectivity index (χ0n) is 16.6. The molecule has 0 bridgehead atoms. The van der Waals surface area contributed by atoms with Crippen LogP contribution in [0.4, 0.5) is 17.5 Å². The standard InChI is InChI=1S/C20H27N7O/c1-13(2)17-12-27(8-4-7-21-17)20-22-11-18(28-3)19(25-20)24-15-5-6-16-14(9-15)10-23-26-16/h5-6,9-11,13,17,21H,4,7-8,12H2,1-3H3,(H,23,26)(H,22,24,25). The van der Waals surface area contributed by atoms with E-state index in [2.05, 4.69) is 44.6 Å². The number of hydrogen-bond acceptors (Lipinski definition) is 7. The van der Waals surface area contributed by atoms with Crippen LogP contribution in [0.1, 0.15) is 20.3 Å². The van der Waals surface area contributed by atoms with Crippen LogP contribution in [0.15, 0.2) is 30.6 Å². The molecule has 1 aliphatic rings. The van der Waals surface area contributed by atoms with Crippen LogP contribution in [0.5, 0.6) is 5.75 Å². The third-order valence-electron chi connectivity index (χ3n) is 5.18. The summed E-state index contributed by atoms with van der Waals surface area (Å²) in [7, 11) is 1.63. The van der Waals surface area contributed by atoms with Gasteiger partial charge in [-0.3, -0.25) is 5.10 Å². The van der Waals surface area contributed by atoms with Gasteiger partial charge in [-0.05, 0) is 37.1 Å². The molecule has 1 saturated heterocycles. The van der Waals surface area contributed by atoms with E-state index in [1.165, 1.54) is 0 Å². The van der Waals surface area contributed by atoms with Gasteiger partial charge in [0.15, 0.2) is 11.6 Å². The van der Waals surface area contributed by atoms with Crippen molar-refractivity contribution in [3.8, 4) is 5.75 Å². The Labute approximate surface area is 164 Å². The van der Waals surface area contributed by atoms with Gasteiger partial charge in [0.1, 0.15) is 0 Å². The molecule has 4 rings (SSSR count). The SMILES string of the molecule is COc1cnc(N2CCCNC(C(C)C)C2)nc1Nc1ccc2[nH]ncc2c1. The van der Waals surface area contributed by atoms with E-state index in [1.807, 2.05) is 18.2 Å². The van der Waals surface area contributed by atoms with Gasteiger partial charge in [0.05, 0.1) is 25.0 Å². The molecule has 2 aromatic heterocycles. The van der Waals surface area contributed by atoms with Crippen molar-refractivity contribution in [1.29, 1.82) is 0 Å². The molecule has 0 aliphatic carbocycles. The maximum absolute atomic E-state index is 5.48. The van der Waals surface area contributed by atoms with Gasteiger partial charge in [-0.1, -0.05) is 13.8 Å². The predicted molar refractivity (Wildman–Crippen MR) is 111 cm³/mol. The van der Waals surface area contributed by atoms with Crippen LogP contribution in [0.3, 0.4) is 0 Å². The third kappa shape index (κ3) is 3.87. The molecular formula is C20H27N7O. The number of H-pyrrole nitrogens is 1. The van der Waals surface area contributed by atoms with Gasteiger partial charge in [0.2, 0.25) is 5.95 Å². The highest BCUT2D eigenvalue weighted by atomic mass is 16.5. The Morgan fingerprint density at radius 1 is 1.29 bits per heavy atom. The quantitative estimate of drug-likeness (QED) is 0.626. The molecule has 1 fully saturated rings. The first-order valence-corrected chi connectivity index (χ1v) is 9.73. The van der Waals surface area contributed by atoms with Gasteiger partial charge >= 0.3 is 0 Å². The van der Waals surface area contributed by atoms with Crippen molar-refractivity contribution in [3.05, 3.63) is 30.6 Å². The second kappa shape index (κ2) is 8.02. The Morgan fingerprint density at radius 3 is 3.00 bits per heavy atom. The molecule has 8 heteroatoms. The van der Waals surface area contributed by atoms with Gasteiger partial charge in [-0.15, -0.1) is 0 Å². The molecule has 8 nitrogen and oxygen atoms in total. The van der Waals surface area contributed by atoms with Crippen LogP contribution < -0.4 is 20.3 Å². The summed E-state index contributed by atoms with van der Waals surface area (Å²) >= 11 is 0. The van der Waals surface area contributed by atoms with Crippen molar-refractivity contribution in [1.82, 2.24) is 25.5 Å². The van der Waals surface area contributed by atoms with E-state index in [9.17, 15) is 0 Å². The largest absolute Gasteiger partial charge is 0.491 e. The number of methoxy groups -OCH3 is 1. The lowest BCUT2D eigenvalue weighted by molar-refractivity contribution is 0.411. The van der Waals surface area contributed by atoms with E-state index in [-0.39, 0.29) is 0 Å². The van der Waals surface area contributed by atoms with E-state index in [0.717, 1.165) is 48.6 Å². The van der Waals surface area contributed by atoms with Crippen LogP contribution in [-0.2, 0) is 0 Å². The zero-order chi connectivity index (χ0) is 19.5. The molecule has 0 spiro atoms. The predicted octanol–water partition coefficient (Wildman–Crippen LogP) is 2.93.